The molecule has 0 spiro atoms. The van der Waals surface area contributed by atoms with Crippen molar-refractivity contribution in [3.8, 4) is 0 Å². The molecule has 11 heteroatoms. The van der Waals surface area contributed by atoms with Crippen molar-refractivity contribution in [3.63, 3.8) is 0 Å². The smallest absolute Gasteiger partial charge is 0.303 e. The molecular formula is C12H15FI2O8. The molecule has 0 unspecified atom stereocenters. The Morgan fingerprint density at radius 2 is 1.61 bits per heavy atom. The zero-order valence-electron chi connectivity index (χ0n) is 12.4. The van der Waals surface area contributed by atoms with Crippen LogP contribution in [0, 0.1) is 0 Å². The van der Waals surface area contributed by atoms with Crippen molar-refractivity contribution in [1.82, 2.24) is 0 Å². The van der Waals surface area contributed by atoms with Gasteiger partial charge in [-0.15, -0.1) is 0 Å². The monoisotopic (exact) mass is 560 g/mol. The topological polar surface area (TPSA) is 105 Å². The van der Waals surface area contributed by atoms with Gasteiger partial charge in [-0.2, -0.15) is 0 Å². The highest BCUT2D eigenvalue weighted by atomic mass is 127. The Bertz CT molecular complexity index is 451. The summed E-state index contributed by atoms with van der Waals surface area (Å²) in [5.41, 5.74) is 0. The van der Waals surface area contributed by atoms with Crippen LogP contribution in [-0.4, -0.2) is 51.0 Å². The maximum atomic E-state index is 14.4. The van der Waals surface area contributed by atoms with Gasteiger partial charge in [0.05, 0.1) is 0 Å². The molecule has 0 saturated heterocycles. The quantitative estimate of drug-likeness (QED) is 0.137. The lowest BCUT2D eigenvalue weighted by atomic mass is 10.1. The van der Waals surface area contributed by atoms with E-state index in [1.165, 1.54) is 45.2 Å². The normalized spacial score (nSPS) is 14.9. The fraction of sp³-hybridized carbons (Fsp3) is 0.667. The molecule has 23 heavy (non-hydrogen) atoms. The van der Waals surface area contributed by atoms with E-state index in [0.29, 0.717) is 0 Å². The Morgan fingerprint density at radius 3 is 1.96 bits per heavy atom. The Balaban J connectivity index is 5.60. The fourth-order valence-corrected chi connectivity index (χ4v) is 2.47. The first-order chi connectivity index (χ1) is 10.5. The van der Waals surface area contributed by atoms with Gasteiger partial charge < -0.3 is 18.9 Å². The lowest BCUT2D eigenvalue weighted by Crippen LogP contribution is -2.51. The summed E-state index contributed by atoms with van der Waals surface area (Å²) < 4.78 is 31.4. The van der Waals surface area contributed by atoms with E-state index in [1.807, 2.05) is 0 Å². The zero-order chi connectivity index (χ0) is 18.2. The zero-order valence-corrected chi connectivity index (χ0v) is 16.7. The number of alkyl halides is 3. The number of esters is 3. The van der Waals surface area contributed by atoms with E-state index in [1.54, 1.807) is 0 Å². The van der Waals surface area contributed by atoms with Crippen molar-refractivity contribution in [2.75, 3.05) is 6.61 Å². The van der Waals surface area contributed by atoms with Crippen molar-refractivity contribution in [1.29, 1.82) is 0 Å². The number of rotatable bonds is 9. The van der Waals surface area contributed by atoms with Crippen LogP contribution in [0.4, 0.5) is 4.39 Å². The minimum absolute atomic E-state index is 0.0236. The third kappa shape index (κ3) is 9.22. The van der Waals surface area contributed by atoms with Gasteiger partial charge in [0, 0.05) is 20.8 Å². The van der Waals surface area contributed by atoms with Crippen LogP contribution in [0.1, 0.15) is 20.8 Å². The lowest BCUT2D eigenvalue weighted by Gasteiger charge is -2.34. The largest absolute Gasteiger partial charge is 0.462 e. The molecule has 0 aliphatic carbocycles. The molecule has 0 aromatic heterocycles. The molecule has 0 amide bonds. The Morgan fingerprint density at radius 1 is 1.09 bits per heavy atom. The van der Waals surface area contributed by atoms with Gasteiger partial charge in [-0.05, 0) is 45.2 Å². The maximum Gasteiger partial charge on any atom is 0.303 e. The third-order valence-corrected chi connectivity index (χ3v) is 3.49. The maximum absolute atomic E-state index is 14.4. The van der Waals surface area contributed by atoms with Gasteiger partial charge in [0.15, 0.2) is 18.3 Å². The van der Waals surface area contributed by atoms with E-state index >= 15 is 0 Å². The van der Waals surface area contributed by atoms with Crippen molar-refractivity contribution in [2.45, 2.75) is 40.8 Å². The van der Waals surface area contributed by atoms with Crippen LogP contribution >= 0.6 is 45.2 Å². The van der Waals surface area contributed by atoms with Crippen LogP contribution in [0.2, 0.25) is 0 Å². The molecule has 0 bridgehead atoms. The van der Waals surface area contributed by atoms with Gasteiger partial charge >= 0.3 is 17.9 Å². The highest BCUT2D eigenvalue weighted by Gasteiger charge is 2.48. The summed E-state index contributed by atoms with van der Waals surface area (Å²) in [6, 6.07) is 0. The number of carbonyl (C=O) groups is 4. The highest BCUT2D eigenvalue weighted by Crippen LogP contribution is 2.38. The number of halogens is 3. The molecule has 0 fully saturated rings. The van der Waals surface area contributed by atoms with Crippen LogP contribution in [0.5, 0.6) is 0 Å². The molecule has 8 nitrogen and oxygen atoms in total. The second-order valence-corrected chi connectivity index (χ2v) is 9.42. The SMILES string of the molecule is CC(=O)OC[C@@H](OC=O)[C@H](OC(C)=O)[C@H](OC(C)=O)C(F)(I)I. The number of hydrogen-bond acceptors (Lipinski definition) is 8. The minimum Gasteiger partial charge on any atom is -0.462 e. The summed E-state index contributed by atoms with van der Waals surface area (Å²) in [4.78, 5) is 44.0. The standard InChI is InChI=1S/C12H15FI2O8/c1-6(17)20-4-9(21-5-16)10(22-7(2)18)11(12(13,14)15)23-8(3)19/h5,9-11H,4H2,1-3H3/t9-,10+,11+/m1/s1. The minimum atomic E-state index is -2.19. The lowest BCUT2D eigenvalue weighted by molar-refractivity contribution is -0.187. The number of ether oxygens (including phenoxy) is 4. The summed E-state index contributed by atoms with van der Waals surface area (Å²) in [7, 11) is 0. The van der Waals surface area contributed by atoms with Gasteiger partial charge in [0.2, 0.25) is 0 Å². The van der Waals surface area contributed by atoms with Crippen LogP contribution in [0.3, 0.4) is 0 Å². The molecule has 0 heterocycles. The Labute approximate surface area is 159 Å². The van der Waals surface area contributed by atoms with Gasteiger partial charge in [-0.1, -0.05) is 0 Å². The summed E-state index contributed by atoms with van der Waals surface area (Å²) in [6.45, 7) is 2.71. The second-order valence-electron chi connectivity index (χ2n) is 4.22. The van der Waals surface area contributed by atoms with Gasteiger partial charge in [0.1, 0.15) is 6.61 Å². The summed E-state index contributed by atoms with van der Waals surface area (Å²) in [5.74, 6) is -2.35. The molecule has 0 aromatic rings. The Hall–Kier alpha value is -0.730. The average Bonchev–Trinajstić information content (AvgIpc) is 2.36. The first-order valence-electron chi connectivity index (χ1n) is 6.12. The van der Waals surface area contributed by atoms with E-state index in [9.17, 15) is 23.6 Å². The molecule has 0 saturated carbocycles. The predicted molar refractivity (Wildman–Crippen MR) is 90.6 cm³/mol. The van der Waals surface area contributed by atoms with E-state index in [-0.39, 0.29) is 6.47 Å². The van der Waals surface area contributed by atoms with E-state index in [0.717, 1.165) is 20.8 Å². The van der Waals surface area contributed by atoms with Crippen molar-refractivity contribution < 1.29 is 42.5 Å². The van der Waals surface area contributed by atoms with Gasteiger partial charge in [0.25, 0.3) is 8.15 Å². The summed E-state index contributed by atoms with van der Waals surface area (Å²) >= 11 is 2.67. The highest BCUT2D eigenvalue weighted by molar-refractivity contribution is 14.2. The first kappa shape index (κ1) is 22.3. The molecule has 3 atom stereocenters. The molecular weight excluding hydrogens is 545 g/mol. The molecule has 0 aliphatic heterocycles. The summed E-state index contributed by atoms with van der Waals surface area (Å²) in [6.07, 6.45) is -4.48. The molecule has 0 rings (SSSR count). The second kappa shape index (κ2) is 10.2. The third-order valence-electron chi connectivity index (χ3n) is 2.26. The van der Waals surface area contributed by atoms with Gasteiger partial charge in [-0.3, -0.25) is 19.2 Å². The van der Waals surface area contributed by atoms with Crippen LogP contribution in [-0.2, 0) is 38.1 Å². The number of hydrogen-bond donors (Lipinski definition) is 0. The molecule has 0 radical (unpaired) electrons. The van der Waals surface area contributed by atoms with E-state index in [2.05, 4.69) is 0 Å². The van der Waals surface area contributed by atoms with Crippen molar-refractivity contribution in [3.05, 3.63) is 0 Å². The van der Waals surface area contributed by atoms with E-state index < -0.39 is 44.5 Å². The van der Waals surface area contributed by atoms with Crippen LogP contribution in [0.25, 0.3) is 0 Å². The Kier molecular flexibility index (Phi) is 9.88. The van der Waals surface area contributed by atoms with Crippen LogP contribution < -0.4 is 0 Å². The van der Waals surface area contributed by atoms with Crippen LogP contribution in [0.15, 0.2) is 0 Å². The summed E-state index contributed by atoms with van der Waals surface area (Å²) in [5, 5.41) is 0. The molecule has 0 N–H and O–H groups in total. The first-order valence-corrected chi connectivity index (χ1v) is 8.28. The molecule has 0 aliphatic rings. The van der Waals surface area contributed by atoms with Gasteiger partial charge in [-0.25, -0.2) is 4.39 Å². The van der Waals surface area contributed by atoms with Crippen molar-refractivity contribution in [2.24, 2.45) is 0 Å². The van der Waals surface area contributed by atoms with Crippen molar-refractivity contribution >= 4 is 69.6 Å². The number of carbonyl (C=O) groups excluding carboxylic acids is 4. The van der Waals surface area contributed by atoms with E-state index in [4.69, 9.17) is 18.9 Å². The fourth-order valence-electron chi connectivity index (χ4n) is 1.51. The molecule has 0 aromatic carbocycles. The predicted octanol–water partition coefficient (Wildman–Crippen LogP) is 1.45. The molecule has 132 valence electrons. The average molecular weight is 560 g/mol.